The second-order valence-corrected chi connectivity index (χ2v) is 3.65. The lowest BCUT2D eigenvalue weighted by atomic mass is 10.3. The van der Waals surface area contributed by atoms with E-state index in [0.29, 0.717) is 0 Å². The lowest BCUT2D eigenvalue weighted by Gasteiger charge is -2.01. The van der Waals surface area contributed by atoms with Gasteiger partial charge in [0.25, 0.3) is 0 Å². The third kappa shape index (κ3) is 1.52. The smallest absolute Gasteiger partial charge is 0.0413 e. The predicted octanol–water partition coefficient (Wildman–Crippen LogP) is 2.87. The lowest BCUT2D eigenvalue weighted by Crippen LogP contribution is -1.82. The Bertz CT molecular complexity index is 237. The van der Waals surface area contributed by atoms with Crippen LogP contribution in [0, 0.1) is 6.92 Å². The maximum atomic E-state index is 4.05. The fourth-order valence-electron chi connectivity index (χ4n) is 0.688. The standard InChI is InChI=1S/C7H8BrNS/c1-5-6(8)3-9-4-7(5)10-2/h3-4H,1-2H3. The van der Waals surface area contributed by atoms with E-state index in [4.69, 9.17) is 0 Å². The number of thioether (sulfide) groups is 1. The van der Waals surface area contributed by atoms with Gasteiger partial charge in [-0.3, -0.25) is 4.98 Å². The minimum Gasteiger partial charge on any atom is -0.262 e. The van der Waals surface area contributed by atoms with Crippen LogP contribution in [0.2, 0.25) is 0 Å². The Balaban J connectivity index is 3.14. The van der Waals surface area contributed by atoms with Crippen molar-refractivity contribution in [3.05, 3.63) is 22.4 Å². The van der Waals surface area contributed by atoms with E-state index in [1.165, 1.54) is 10.5 Å². The van der Waals surface area contributed by atoms with Gasteiger partial charge in [0.2, 0.25) is 0 Å². The molecule has 0 fully saturated rings. The Morgan fingerprint density at radius 3 is 2.70 bits per heavy atom. The minimum atomic E-state index is 1.08. The summed E-state index contributed by atoms with van der Waals surface area (Å²) < 4.78 is 1.08. The summed E-state index contributed by atoms with van der Waals surface area (Å²) in [5, 5.41) is 0. The highest BCUT2D eigenvalue weighted by molar-refractivity contribution is 9.10. The van der Waals surface area contributed by atoms with E-state index in [-0.39, 0.29) is 0 Å². The maximum absolute atomic E-state index is 4.05. The molecular weight excluding hydrogens is 210 g/mol. The van der Waals surface area contributed by atoms with Crippen molar-refractivity contribution < 1.29 is 0 Å². The Hall–Kier alpha value is -0.0200. The van der Waals surface area contributed by atoms with Crippen LogP contribution in [0.4, 0.5) is 0 Å². The number of aromatic nitrogens is 1. The highest BCUT2D eigenvalue weighted by Gasteiger charge is 1.98. The quantitative estimate of drug-likeness (QED) is 0.672. The van der Waals surface area contributed by atoms with Crippen molar-refractivity contribution in [2.45, 2.75) is 11.8 Å². The van der Waals surface area contributed by atoms with E-state index in [2.05, 4.69) is 34.1 Å². The number of hydrogen-bond acceptors (Lipinski definition) is 2. The van der Waals surface area contributed by atoms with Gasteiger partial charge in [0, 0.05) is 21.8 Å². The Morgan fingerprint density at radius 1 is 1.50 bits per heavy atom. The topological polar surface area (TPSA) is 12.9 Å². The molecule has 0 atom stereocenters. The van der Waals surface area contributed by atoms with Crippen molar-refractivity contribution in [1.82, 2.24) is 4.98 Å². The van der Waals surface area contributed by atoms with Gasteiger partial charge in [-0.25, -0.2) is 0 Å². The molecule has 3 heteroatoms. The number of nitrogens with zero attached hydrogens (tertiary/aromatic N) is 1. The zero-order valence-electron chi connectivity index (χ0n) is 5.89. The fourth-order valence-corrected chi connectivity index (χ4v) is 1.73. The molecule has 0 aliphatic heterocycles. The summed E-state index contributed by atoms with van der Waals surface area (Å²) in [7, 11) is 0. The van der Waals surface area contributed by atoms with Gasteiger partial charge in [0.15, 0.2) is 0 Å². The zero-order chi connectivity index (χ0) is 7.56. The highest BCUT2D eigenvalue weighted by atomic mass is 79.9. The van der Waals surface area contributed by atoms with Gasteiger partial charge in [-0.15, -0.1) is 11.8 Å². The molecule has 0 bridgehead atoms. The number of halogens is 1. The van der Waals surface area contributed by atoms with E-state index < -0.39 is 0 Å². The first kappa shape index (κ1) is 8.08. The van der Waals surface area contributed by atoms with Crippen LogP contribution in [0.15, 0.2) is 21.8 Å². The molecule has 0 N–H and O–H groups in total. The van der Waals surface area contributed by atoms with Crippen LogP contribution in [-0.2, 0) is 0 Å². The molecule has 1 heterocycles. The van der Waals surface area contributed by atoms with Crippen LogP contribution in [0.5, 0.6) is 0 Å². The second-order valence-electron chi connectivity index (χ2n) is 1.95. The summed E-state index contributed by atoms with van der Waals surface area (Å²) in [6.07, 6.45) is 5.75. The average Bonchev–Trinajstić information content (AvgIpc) is 1.95. The summed E-state index contributed by atoms with van der Waals surface area (Å²) in [4.78, 5) is 5.28. The van der Waals surface area contributed by atoms with Gasteiger partial charge in [-0.1, -0.05) is 0 Å². The van der Waals surface area contributed by atoms with Crippen molar-refractivity contribution in [2.24, 2.45) is 0 Å². The Kier molecular flexibility index (Phi) is 2.74. The molecule has 0 amide bonds. The molecule has 0 saturated carbocycles. The fraction of sp³-hybridized carbons (Fsp3) is 0.286. The van der Waals surface area contributed by atoms with Gasteiger partial charge in [-0.05, 0) is 34.7 Å². The minimum absolute atomic E-state index is 1.08. The second kappa shape index (κ2) is 3.39. The van der Waals surface area contributed by atoms with Crippen molar-refractivity contribution >= 4 is 27.7 Å². The van der Waals surface area contributed by atoms with E-state index >= 15 is 0 Å². The van der Waals surface area contributed by atoms with Gasteiger partial charge < -0.3 is 0 Å². The third-order valence-corrected chi connectivity index (χ3v) is 2.98. The first-order chi connectivity index (χ1) is 4.75. The summed E-state index contributed by atoms with van der Waals surface area (Å²) in [5.41, 5.74) is 1.27. The molecule has 1 aromatic rings. The lowest BCUT2D eigenvalue weighted by molar-refractivity contribution is 1.16. The molecule has 54 valence electrons. The molecule has 0 unspecified atom stereocenters. The molecular formula is C7H8BrNS. The zero-order valence-corrected chi connectivity index (χ0v) is 8.29. The van der Waals surface area contributed by atoms with E-state index in [9.17, 15) is 0 Å². The van der Waals surface area contributed by atoms with Gasteiger partial charge >= 0.3 is 0 Å². The number of pyridine rings is 1. The molecule has 1 nitrogen and oxygen atoms in total. The SMILES string of the molecule is CSc1cncc(Br)c1C. The van der Waals surface area contributed by atoms with Crippen LogP contribution < -0.4 is 0 Å². The van der Waals surface area contributed by atoms with E-state index in [0.717, 1.165) is 4.47 Å². The van der Waals surface area contributed by atoms with E-state index in [1.54, 1.807) is 11.8 Å². The summed E-state index contributed by atoms with van der Waals surface area (Å²) in [5.74, 6) is 0. The van der Waals surface area contributed by atoms with Crippen LogP contribution >= 0.6 is 27.7 Å². The Labute approximate surface area is 73.4 Å². The molecule has 0 aromatic carbocycles. The summed E-state index contributed by atoms with van der Waals surface area (Å²) >= 11 is 5.13. The Morgan fingerprint density at radius 2 is 2.20 bits per heavy atom. The normalized spacial score (nSPS) is 9.90. The largest absolute Gasteiger partial charge is 0.262 e. The summed E-state index contributed by atoms with van der Waals surface area (Å²) in [6, 6.07) is 0. The molecule has 0 radical (unpaired) electrons. The maximum Gasteiger partial charge on any atom is 0.0413 e. The van der Waals surface area contributed by atoms with E-state index in [1.807, 2.05) is 12.4 Å². The van der Waals surface area contributed by atoms with Gasteiger partial charge in [0.05, 0.1) is 0 Å². The van der Waals surface area contributed by atoms with Crippen LogP contribution in [0.25, 0.3) is 0 Å². The molecule has 10 heavy (non-hydrogen) atoms. The van der Waals surface area contributed by atoms with Crippen molar-refractivity contribution in [1.29, 1.82) is 0 Å². The monoisotopic (exact) mass is 217 g/mol. The van der Waals surface area contributed by atoms with Crippen molar-refractivity contribution in [3.8, 4) is 0 Å². The molecule has 0 saturated heterocycles. The van der Waals surface area contributed by atoms with Crippen LogP contribution in [-0.4, -0.2) is 11.2 Å². The van der Waals surface area contributed by atoms with Crippen LogP contribution in [0.3, 0.4) is 0 Å². The van der Waals surface area contributed by atoms with Crippen molar-refractivity contribution in [3.63, 3.8) is 0 Å². The average molecular weight is 218 g/mol. The predicted molar refractivity (Wildman–Crippen MR) is 48.5 cm³/mol. The van der Waals surface area contributed by atoms with Crippen molar-refractivity contribution in [2.75, 3.05) is 6.26 Å². The molecule has 0 spiro atoms. The van der Waals surface area contributed by atoms with Gasteiger partial charge in [-0.2, -0.15) is 0 Å². The number of hydrogen-bond donors (Lipinski definition) is 0. The number of rotatable bonds is 1. The third-order valence-electron chi connectivity index (χ3n) is 1.33. The first-order valence-corrected chi connectivity index (χ1v) is 4.91. The molecule has 1 rings (SSSR count). The highest BCUT2D eigenvalue weighted by Crippen LogP contribution is 2.24. The molecule has 1 aromatic heterocycles. The molecule has 0 aliphatic carbocycles. The molecule has 0 aliphatic rings. The first-order valence-electron chi connectivity index (χ1n) is 2.90. The van der Waals surface area contributed by atoms with Gasteiger partial charge in [0.1, 0.15) is 0 Å². The summed E-state index contributed by atoms with van der Waals surface area (Å²) in [6.45, 7) is 2.08. The van der Waals surface area contributed by atoms with Crippen LogP contribution in [0.1, 0.15) is 5.56 Å².